The number of methoxy groups -OCH3 is 1. The highest BCUT2D eigenvalue weighted by Gasteiger charge is 2.46. The van der Waals surface area contributed by atoms with Crippen molar-refractivity contribution in [2.75, 3.05) is 13.7 Å². The number of hydrogen-bond acceptors (Lipinski definition) is 16. The summed E-state index contributed by atoms with van der Waals surface area (Å²) in [5, 5.41) is 93.4. The van der Waals surface area contributed by atoms with Crippen molar-refractivity contribution in [3.63, 3.8) is 0 Å². The van der Waals surface area contributed by atoms with Crippen LogP contribution in [-0.4, -0.2) is 121 Å². The first kappa shape index (κ1) is 36.3. The first-order valence-electron chi connectivity index (χ1n) is 15.4. The van der Waals surface area contributed by atoms with Crippen LogP contribution in [0.15, 0.2) is 45.1 Å². The van der Waals surface area contributed by atoms with E-state index in [1.54, 1.807) is 19.9 Å². The maximum Gasteiger partial charge on any atom is 0.239 e. The first-order chi connectivity index (χ1) is 23.2. The highest BCUT2D eigenvalue weighted by molar-refractivity contribution is 5.91. The number of rotatable bonds is 9. The zero-order valence-corrected chi connectivity index (χ0v) is 27.0. The molecule has 268 valence electrons. The number of phenolic OH excluding ortho intramolecular Hbond substituents is 2. The number of hydrogen-bond donors (Lipinski definition) is 9. The Morgan fingerprint density at radius 3 is 2.10 bits per heavy atom. The largest absolute Gasteiger partial charge is 0.507 e. The summed E-state index contributed by atoms with van der Waals surface area (Å²) < 4.78 is 34.2. The number of allylic oxidation sites excluding steroid dienone is 2. The van der Waals surface area contributed by atoms with Crippen LogP contribution < -0.4 is 19.6 Å². The fourth-order valence-electron chi connectivity index (χ4n) is 5.61. The molecule has 16 nitrogen and oxygen atoms in total. The topological polar surface area (TPSA) is 258 Å². The molecule has 0 bridgehead atoms. The molecule has 5 rings (SSSR count). The van der Waals surface area contributed by atoms with Gasteiger partial charge < -0.3 is 74.1 Å². The van der Waals surface area contributed by atoms with Gasteiger partial charge >= 0.3 is 0 Å². The van der Waals surface area contributed by atoms with E-state index >= 15 is 0 Å². The Labute approximate surface area is 279 Å². The lowest BCUT2D eigenvalue weighted by molar-refractivity contribution is -0.277. The Bertz CT molecular complexity index is 1750. The van der Waals surface area contributed by atoms with E-state index in [0.717, 1.165) is 11.6 Å². The molecule has 3 aromatic rings. The second-order valence-electron chi connectivity index (χ2n) is 12.2. The van der Waals surface area contributed by atoms with Gasteiger partial charge in [0.15, 0.2) is 17.3 Å². The van der Waals surface area contributed by atoms with E-state index in [4.69, 9.17) is 28.1 Å². The molecule has 0 amide bonds. The van der Waals surface area contributed by atoms with Crippen LogP contribution in [0.4, 0.5) is 0 Å². The molecule has 3 heterocycles. The zero-order chi connectivity index (χ0) is 35.9. The van der Waals surface area contributed by atoms with Crippen LogP contribution in [0.3, 0.4) is 0 Å². The normalized spacial score (nSPS) is 30.2. The third-order valence-corrected chi connectivity index (χ3v) is 8.46. The molecule has 2 fully saturated rings. The van der Waals surface area contributed by atoms with Crippen molar-refractivity contribution in [3.8, 4) is 40.1 Å². The van der Waals surface area contributed by atoms with Gasteiger partial charge in [0.05, 0.1) is 19.8 Å². The summed E-state index contributed by atoms with van der Waals surface area (Å²) in [6.07, 6.45) is -14.1. The van der Waals surface area contributed by atoms with E-state index in [0.29, 0.717) is 0 Å². The highest BCUT2D eigenvalue weighted by atomic mass is 16.7. The number of benzene rings is 2. The first-order valence-corrected chi connectivity index (χ1v) is 15.4. The summed E-state index contributed by atoms with van der Waals surface area (Å²) in [4.78, 5) is 14.3. The Hall–Kier alpha value is -3.97. The molecule has 0 unspecified atom stereocenters. The van der Waals surface area contributed by atoms with Crippen LogP contribution in [0.1, 0.15) is 26.3 Å². The molecule has 0 aliphatic carbocycles. The fourth-order valence-corrected chi connectivity index (χ4v) is 5.61. The van der Waals surface area contributed by atoms with Crippen LogP contribution in [0.2, 0.25) is 0 Å². The van der Waals surface area contributed by atoms with Gasteiger partial charge in [0, 0.05) is 17.2 Å². The van der Waals surface area contributed by atoms with Gasteiger partial charge in [-0.25, -0.2) is 0 Å². The minimum Gasteiger partial charge on any atom is -0.507 e. The molecule has 2 aliphatic rings. The molecular weight excluding hydrogens is 652 g/mol. The van der Waals surface area contributed by atoms with Crippen LogP contribution in [0.5, 0.6) is 28.7 Å². The maximum absolute atomic E-state index is 14.3. The van der Waals surface area contributed by atoms with Gasteiger partial charge in [-0.1, -0.05) is 11.6 Å². The lowest BCUT2D eigenvalue weighted by atomic mass is 9.99. The molecule has 10 atom stereocenters. The fraction of sp³-hybridized carbons (Fsp3) is 0.485. The Balaban J connectivity index is 1.74. The average Bonchev–Trinajstić information content (AvgIpc) is 3.06. The molecule has 2 aromatic carbocycles. The van der Waals surface area contributed by atoms with Crippen molar-refractivity contribution in [2.45, 2.75) is 88.6 Å². The summed E-state index contributed by atoms with van der Waals surface area (Å²) in [5.74, 6) is -2.02. The third-order valence-electron chi connectivity index (χ3n) is 8.46. The number of aromatic hydroxyl groups is 2. The Morgan fingerprint density at radius 1 is 0.837 bits per heavy atom. The second-order valence-corrected chi connectivity index (χ2v) is 12.2. The van der Waals surface area contributed by atoms with E-state index in [2.05, 4.69) is 0 Å². The highest BCUT2D eigenvalue weighted by Crippen LogP contribution is 2.42. The SMILES string of the molecule is COc1ccc(-c2oc3c(CC=C(C)C)c(O[C@@H]4O[C@H](CO)[C@@H](O)[C@H](O)[C@H]4O)cc(O)c3c(=O)c2O[C@H]2O[C@H](C)[C@@H](O)[C@H](O)[C@@H]2O)cc1O. The van der Waals surface area contributed by atoms with Crippen molar-refractivity contribution in [1.82, 2.24) is 0 Å². The number of fused-ring (bicyclic) bond motifs is 1. The molecule has 0 saturated carbocycles. The summed E-state index contributed by atoms with van der Waals surface area (Å²) in [6, 6.07) is 5.07. The lowest BCUT2D eigenvalue weighted by Crippen LogP contribution is -2.60. The summed E-state index contributed by atoms with van der Waals surface area (Å²) in [5.41, 5.74) is -0.144. The summed E-state index contributed by atoms with van der Waals surface area (Å²) >= 11 is 0. The van der Waals surface area contributed by atoms with Crippen LogP contribution >= 0.6 is 0 Å². The van der Waals surface area contributed by atoms with E-state index in [1.165, 1.54) is 32.2 Å². The molecule has 2 aliphatic heterocycles. The van der Waals surface area contributed by atoms with E-state index in [9.17, 15) is 50.8 Å². The summed E-state index contributed by atoms with van der Waals surface area (Å²) in [7, 11) is 1.33. The van der Waals surface area contributed by atoms with Crippen LogP contribution in [0, 0.1) is 0 Å². The molecule has 49 heavy (non-hydrogen) atoms. The van der Waals surface area contributed by atoms with Gasteiger partial charge in [-0.05, 0) is 45.4 Å². The van der Waals surface area contributed by atoms with E-state index < -0.39 is 90.3 Å². The van der Waals surface area contributed by atoms with Gasteiger partial charge in [-0.15, -0.1) is 0 Å². The number of ether oxygens (including phenoxy) is 5. The predicted molar refractivity (Wildman–Crippen MR) is 168 cm³/mol. The average molecular weight is 693 g/mol. The molecular formula is C33H40O16. The minimum absolute atomic E-state index is 0.0222. The lowest BCUT2D eigenvalue weighted by Gasteiger charge is -2.39. The van der Waals surface area contributed by atoms with Crippen molar-refractivity contribution in [3.05, 3.63) is 51.7 Å². The van der Waals surface area contributed by atoms with Crippen LogP contribution in [0.25, 0.3) is 22.3 Å². The Morgan fingerprint density at radius 2 is 1.49 bits per heavy atom. The Kier molecular flexibility index (Phi) is 10.7. The quantitative estimate of drug-likeness (QED) is 0.131. The number of aliphatic hydroxyl groups excluding tert-OH is 7. The molecule has 16 heteroatoms. The van der Waals surface area contributed by atoms with Crippen molar-refractivity contribution in [2.24, 2.45) is 0 Å². The van der Waals surface area contributed by atoms with Gasteiger partial charge in [-0.3, -0.25) is 4.79 Å². The van der Waals surface area contributed by atoms with Gasteiger partial charge in [0.2, 0.25) is 23.8 Å². The van der Waals surface area contributed by atoms with E-state index in [-0.39, 0.29) is 46.1 Å². The molecule has 1 aromatic heterocycles. The molecule has 9 N–H and O–H groups in total. The van der Waals surface area contributed by atoms with E-state index in [1.807, 2.05) is 0 Å². The zero-order valence-electron chi connectivity index (χ0n) is 27.0. The third kappa shape index (κ3) is 6.92. The van der Waals surface area contributed by atoms with Crippen molar-refractivity contribution in [1.29, 1.82) is 0 Å². The monoisotopic (exact) mass is 692 g/mol. The number of aliphatic hydroxyl groups is 7. The molecule has 0 spiro atoms. The second kappa shape index (κ2) is 14.5. The van der Waals surface area contributed by atoms with Gasteiger partial charge in [-0.2, -0.15) is 0 Å². The smallest absolute Gasteiger partial charge is 0.239 e. The van der Waals surface area contributed by atoms with Gasteiger partial charge in [0.1, 0.15) is 65.2 Å². The standard InChI is InChI=1S/C33H40O16/c1-12(2)5-7-15-19(46-33-28(43)26(41)23(38)20(11-34)47-33)10-17(36)21-24(39)31(49-32-27(42)25(40)22(37)13(3)45-32)29(48-30(15)21)14-6-8-18(44-4)16(35)9-14/h5-6,8-10,13,20,22-23,25-28,32-38,40-43H,7,11H2,1-4H3/t13-,20-,22-,23-,25+,26+,27+,28-,32-,33-/m1/s1. The van der Waals surface area contributed by atoms with Crippen molar-refractivity contribution < 1.29 is 74.1 Å². The van der Waals surface area contributed by atoms with Crippen LogP contribution in [-0.2, 0) is 15.9 Å². The minimum atomic E-state index is -1.82. The maximum atomic E-state index is 14.3. The predicted octanol–water partition coefficient (Wildman–Crippen LogP) is -0.227. The van der Waals surface area contributed by atoms with Crippen molar-refractivity contribution >= 4 is 11.0 Å². The molecule has 0 radical (unpaired) electrons. The number of phenols is 2. The van der Waals surface area contributed by atoms with Gasteiger partial charge in [0.25, 0.3) is 0 Å². The molecule has 2 saturated heterocycles. The summed E-state index contributed by atoms with van der Waals surface area (Å²) in [6.45, 7) is 4.30.